The molecule has 0 radical (unpaired) electrons. The number of carbonyl (C=O) groups excluding carboxylic acids is 1. The molecular weight excluding hydrogens is 344 g/mol. The minimum atomic E-state index is -0.297. The number of fused-ring (bicyclic) bond motifs is 1. The highest BCUT2D eigenvalue weighted by Crippen LogP contribution is 2.28. The maximum atomic E-state index is 12.9. The Morgan fingerprint density at radius 2 is 1.92 bits per heavy atom. The Morgan fingerprint density at radius 3 is 2.62 bits per heavy atom. The van der Waals surface area contributed by atoms with E-state index in [9.17, 15) is 4.79 Å². The van der Waals surface area contributed by atoms with Gasteiger partial charge in [0.2, 0.25) is 0 Å². The normalized spacial score (nSPS) is 12.2. The van der Waals surface area contributed by atoms with Gasteiger partial charge in [0.1, 0.15) is 4.83 Å². The van der Waals surface area contributed by atoms with Crippen molar-refractivity contribution in [2.45, 2.75) is 13.0 Å². The molecule has 0 saturated carbocycles. The van der Waals surface area contributed by atoms with E-state index in [0.717, 1.165) is 27.2 Å². The van der Waals surface area contributed by atoms with Gasteiger partial charge in [-0.3, -0.25) is 14.5 Å². The lowest BCUT2D eigenvalue weighted by molar-refractivity contribution is 0.0946. The summed E-state index contributed by atoms with van der Waals surface area (Å²) < 4.78 is 1.82. The Bertz CT molecular complexity index is 980. The molecule has 0 saturated heterocycles. The summed E-state index contributed by atoms with van der Waals surface area (Å²) in [6.45, 7) is 1.96. The lowest BCUT2D eigenvalue weighted by atomic mass is 10.0. The second-order valence-corrected chi connectivity index (χ2v) is 7.14. The van der Waals surface area contributed by atoms with E-state index >= 15 is 0 Å². The summed E-state index contributed by atoms with van der Waals surface area (Å²) in [4.78, 5) is 19.0. The molecule has 5 nitrogen and oxygen atoms in total. The number of amides is 1. The number of pyridine rings is 1. The van der Waals surface area contributed by atoms with Gasteiger partial charge in [0.15, 0.2) is 0 Å². The number of hydrogen-bond donors (Lipinski definition) is 1. The van der Waals surface area contributed by atoms with Crippen molar-refractivity contribution >= 4 is 27.5 Å². The quantitative estimate of drug-likeness (QED) is 0.600. The van der Waals surface area contributed by atoms with Gasteiger partial charge in [0.05, 0.1) is 22.3 Å². The van der Waals surface area contributed by atoms with E-state index in [1.807, 2.05) is 73.3 Å². The van der Waals surface area contributed by atoms with E-state index < -0.39 is 0 Å². The number of rotatable bonds is 4. The van der Waals surface area contributed by atoms with Crippen LogP contribution in [-0.4, -0.2) is 20.7 Å². The number of carbonyl (C=O) groups is 1. The number of nitrogens with zero attached hydrogens (tertiary/aromatic N) is 3. The molecule has 130 valence electrons. The summed E-state index contributed by atoms with van der Waals surface area (Å²) >= 11 is 1.45. The van der Waals surface area contributed by atoms with Crippen LogP contribution >= 0.6 is 11.3 Å². The van der Waals surface area contributed by atoms with Crippen LogP contribution in [0.3, 0.4) is 0 Å². The first-order valence-electron chi connectivity index (χ1n) is 8.33. The van der Waals surface area contributed by atoms with Crippen molar-refractivity contribution in [3.8, 4) is 0 Å². The van der Waals surface area contributed by atoms with Gasteiger partial charge in [-0.05, 0) is 30.7 Å². The molecule has 0 aliphatic carbocycles. The van der Waals surface area contributed by atoms with Crippen LogP contribution < -0.4 is 5.32 Å². The molecule has 6 heteroatoms. The summed E-state index contributed by atoms with van der Waals surface area (Å²) in [7, 11) is 1.90. The highest BCUT2D eigenvalue weighted by Gasteiger charge is 2.21. The van der Waals surface area contributed by atoms with Crippen LogP contribution in [0.4, 0.5) is 0 Å². The summed E-state index contributed by atoms with van der Waals surface area (Å²) in [6, 6.07) is 17.2. The SMILES string of the molecule is Cc1nn(C)c2sc(C(=O)NC(c3ccccc3)c3ccccn3)cc12. The number of aryl methyl sites for hydroxylation is 2. The molecule has 0 aliphatic heterocycles. The molecular formula is C20H18N4OS. The molecule has 0 fully saturated rings. The van der Waals surface area contributed by atoms with Crippen LogP contribution in [0, 0.1) is 6.92 Å². The maximum absolute atomic E-state index is 12.9. The first kappa shape index (κ1) is 16.5. The molecule has 4 rings (SSSR count). The Balaban J connectivity index is 1.68. The number of benzene rings is 1. The lowest BCUT2D eigenvalue weighted by Crippen LogP contribution is -2.29. The zero-order chi connectivity index (χ0) is 18.1. The zero-order valence-electron chi connectivity index (χ0n) is 14.5. The number of aromatic nitrogens is 3. The van der Waals surface area contributed by atoms with E-state index in [4.69, 9.17) is 0 Å². The van der Waals surface area contributed by atoms with Gasteiger partial charge in [0.25, 0.3) is 5.91 Å². The minimum absolute atomic E-state index is 0.106. The summed E-state index contributed by atoms with van der Waals surface area (Å²) in [5.74, 6) is -0.106. The van der Waals surface area contributed by atoms with Crippen LogP contribution in [0.1, 0.15) is 32.7 Å². The molecule has 26 heavy (non-hydrogen) atoms. The molecule has 1 N–H and O–H groups in total. The van der Waals surface area contributed by atoms with Crippen molar-refractivity contribution in [1.82, 2.24) is 20.1 Å². The van der Waals surface area contributed by atoms with Gasteiger partial charge >= 0.3 is 0 Å². The fraction of sp³-hybridized carbons (Fsp3) is 0.150. The van der Waals surface area contributed by atoms with E-state index in [1.165, 1.54) is 11.3 Å². The van der Waals surface area contributed by atoms with E-state index in [1.54, 1.807) is 6.20 Å². The van der Waals surface area contributed by atoms with Gasteiger partial charge in [-0.1, -0.05) is 36.4 Å². The highest BCUT2D eigenvalue weighted by molar-refractivity contribution is 7.20. The van der Waals surface area contributed by atoms with Gasteiger partial charge in [0, 0.05) is 18.6 Å². The summed E-state index contributed by atoms with van der Waals surface area (Å²) in [5.41, 5.74) is 2.74. The zero-order valence-corrected chi connectivity index (χ0v) is 15.3. The van der Waals surface area contributed by atoms with Crippen molar-refractivity contribution in [3.05, 3.63) is 82.6 Å². The third-order valence-electron chi connectivity index (χ3n) is 4.31. The Labute approximate surface area is 155 Å². The van der Waals surface area contributed by atoms with Crippen molar-refractivity contribution in [2.24, 2.45) is 7.05 Å². The monoisotopic (exact) mass is 362 g/mol. The lowest BCUT2D eigenvalue weighted by Gasteiger charge is -2.18. The van der Waals surface area contributed by atoms with Gasteiger partial charge < -0.3 is 5.32 Å². The predicted molar refractivity (Wildman–Crippen MR) is 103 cm³/mol. The van der Waals surface area contributed by atoms with Gasteiger partial charge in [-0.25, -0.2) is 0 Å². The van der Waals surface area contributed by atoms with Crippen molar-refractivity contribution in [2.75, 3.05) is 0 Å². The number of nitrogens with one attached hydrogen (secondary N) is 1. The predicted octanol–water partition coefficient (Wildman–Crippen LogP) is 3.86. The van der Waals surface area contributed by atoms with E-state index in [-0.39, 0.29) is 11.9 Å². The molecule has 0 aliphatic rings. The number of hydrogen-bond acceptors (Lipinski definition) is 4. The smallest absolute Gasteiger partial charge is 0.262 e. The number of thiophene rings is 1. The average molecular weight is 362 g/mol. The minimum Gasteiger partial charge on any atom is -0.339 e. The molecule has 0 spiro atoms. The second kappa shape index (κ2) is 6.72. The Hall–Kier alpha value is -2.99. The molecule has 0 bridgehead atoms. The van der Waals surface area contributed by atoms with Crippen LogP contribution in [0.15, 0.2) is 60.8 Å². The van der Waals surface area contributed by atoms with Crippen LogP contribution in [-0.2, 0) is 7.05 Å². The maximum Gasteiger partial charge on any atom is 0.262 e. The van der Waals surface area contributed by atoms with Crippen LogP contribution in [0.5, 0.6) is 0 Å². The third kappa shape index (κ3) is 2.99. The Morgan fingerprint density at radius 1 is 1.15 bits per heavy atom. The molecule has 3 heterocycles. The van der Waals surface area contributed by atoms with Gasteiger partial charge in [-0.2, -0.15) is 5.10 Å². The second-order valence-electron chi connectivity index (χ2n) is 6.11. The molecule has 1 amide bonds. The molecule has 1 unspecified atom stereocenters. The van der Waals surface area contributed by atoms with Crippen LogP contribution in [0.2, 0.25) is 0 Å². The third-order valence-corrected chi connectivity index (χ3v) is 5.51. The summed E-state index contributed by atoms with van der Waals surface area (Å²) in [5, 5.41) is 8.55. The largest absolute Gasteiger partial charge is 0.339 e. The highest BCUT2D eigenvalue weighted by atomic mass is 32.1. The molecule has 4 aromatic rings. The average Bonchev–Trinajstić information content (AvgIpc) is 3.23. The van der Waals surface area contributed by atoms with E-state index in [0.29, 0.717) is 4.88 Å². The van der Waals surface area contributed by atoms with E-state index in [2.05, 4.69) is 15.4 Å². The molecule has 1 atom stereocenters. The molecule has 3 aromatic heterocycles. The van der Waals surface area contributed by atoms with Crippen molar-refractivity contribution < 1.29 is 4.79 Å². The first-order valence-corrected chi connectivity index (χ1v) is 9.15. The van der Waals surface area contributed by atoms with Crippen molar-refractivity contribution in [3.63, 3.8) is 0 Å². The van der Waals surface area contributed by atoms with Crippen LogP contribution in [0.25, 0.3) is 10.2 Å². The molecule has 1 aromatic carbocycles. The van der Waals surface area contributed by atoms with Gasteiger partial charge in [-0.15, -0.1) is 11.3 Å². The standard InChI is InChI=1S/C20H18N4OS/c1-13-15-12-17(26-20(15)24(2)23-13)19(25)22-18(14-8-4-3-5-9-14)16-10-6-7-11-21-16/h3-12,18H,1-2H3,(H,22,25). The fourth-order valence-electron chi connectivity index (χ4n) is 3.04. The fourth-order valence-corrected chi connectivity index (χ4v) is 4.07. The van der Waals surface area contributed by atoms with Crippen molar-refractivity contribution in [1.29, 1.82) is 0 Å². The topological polar surface area (TPSA) is 59.8 Å². The first-order chi connectivity index (χ1) is 12.6. The summed E-state index contributed by atoms with van der Waals surface area (Å²) in [6.07, 6.45) is 1.74. The Kier molecular flexibility index (Phi) is 4.26.